The van der Waals surface area contributed by atoms with E-state index in [0.717, 1.165) is 52.5 Å². The van der Waals surface area contributed by atoms with Crippen molar-refractivity contribution in [3.63, 3.8) is 0 Å². The number of hydrogen-bond donors (Lipinski definition) is 2. The lowest BCUT2D eigenvalue weighted by Crippen LogP contribution is -2.22. The maximum Gasteiger partial charge on any atom is 0.158 e. The number of anilines is 1. The lowest BCUT2D eigenvalue weighted by molar-refractivity contribution is 0.687. The summed E-state index contributed by atoms with van der Waals surface area (Å²) < 4.78 is 13.8. The van der Waals surface area contributed by atoms with Gasteiger partial charge < -0.3 is 10.6 Å². The van der Waals surface area contributed by atoms with Crippen LogP contribution in [0.2, 0.25) is 0 Å². The minimum Gasteiger partial charge on any atom is -0.370 e. The number of nitrogens with one attached hydrogen (secondary N) is 2. The van der Waals surface area contributed by atoms with Gasteiger partial charge in [0.2, 0.25) is 0 Å². The fraction of sp³-hybridized carbons (Fsp3) is 0.217. The van der Waals surface area contributed by atoms with Gasteiger partial charge in [0.05, 0.1) is 11.0 Å². The highest BCUT2D eigenvalue weighted by molar-refractivity contribution is 7.84. The molecular weight excluding hydrogens is 394 g/mol. The number of nitrogens with zero attached hydrogens (tertiary/aromatic N) is 3. The normalized spacial score (nSPS) is 12.2. The van der Waals surface area contributed by atoms with Crippen LogP contribution >= 0.6 is 0 Å². The number of aromatic nitrogens is 2. The van der Waals surface area contributed by atoms with Crippen molar-refractivity contribution in [2.75, 3.05) is 31.2 Å². The molecule has 2 heterocycles. The van der Waals surface area contributed by atoms with Crippen LogP contribution in [0.1, 0.15) is 12.5 Å². The summed E-state index contributed by atoms with van der Waals surface area (Å²) in [4.78, 5) is 5.52. The van der Waals surface area contributed by atoms with Gasteiger partial charge in [0.25, 0.3) is 0 Å². The Bertz CT molecular complexity index is 1270. The summed E-state index contributed by atoms with van der Waals surface area (Å²) in [6, 6.07) is 19.8. The Hall–Kier alpha value is -3.21. The van der Waals surface area contributed by atoms with Crippen LogP contribution in [-0.4, -0.2) is 39.5 Å². The van der Waals surface area contributed by atoms with Gasteiger partial charge >= 0.3 is 0 Å². The highest BCUT2D eigenvalue weighted by Crippen LogP contribution is 2.33. The van der Waals surface area contributed by atoms with Crippen molar-refractivity contribution in [1.82, 2.24) is 14.7 Å². The predicted octanol–water partition coefficient (Wildman–Crippen LogP) is 3.78. The number of pyridine rings is 1. The topological polar surface area (TPSA) is 82.2 Å². The molecule has 0 saturated carbocycles. The molecule has 4 rings (SSSR count). The standard InChI is InChI=1S/C23H23N5OS/c1-3-25-12-13-26-22-14-18(16-8-10-17(11-9-16)30(2)29)19(15-24)23-27-20-6-4-5-7-21(20)28(22)23/h4-11,14,25-26H,3,12-13H2,1-2H3. The van der Waals surface area contributed by atoms with Crippen LogP contribution in [0.4, 0.5) is 5.82 Å². The van der Waals surface area contributed by atoms with Crippen molar-refractivity contribution in [2.24, 2.45) is 0 Å². The van der Waals surface area contributed by atoms with Crippen LogP contribution in [0.3, 0.4) is 0 Å². The molecular formula is C23H23N5OS. The smallest absolute Gasteiger partial charge is 0.158 e. The number of rotatable bonds is 7. The zero-order valence-corrected chi connectivity index (χ0v) is 17.8. The van der Waals surface area contributed by atoms with E-state index in [-0.39, 0.29) is 0 Å². The summed E-state index contributed by atoms with van der Waals surface area (Å²) in [5.41, 5.74) is 4.65. The van der Waals surface area contributed by atoms with Gasteiger partial charge in [-0.1, -0.05) is 31.2 Å². The number of fused-ring (bicyclic) bond motifs is 3. The second-order valence-electron chi connectivity index (χ2n) is 6.95. The molecule has 4 aromatic rings. The van der Waals surface area contributed by atoms with Gasteiger partial charge in [-0.15, -0.1) is 0 Å². The van der Waals surface area contributed by atoms with Gasteiger partial charge in [-0.2, -0.15) is 5.26 Å². The van der Waals surface area contributed by atoms with Gasteiger partial charge in [-0.05, 0) is 42.4 Å². The second kappa shape index (κ2) is 8.66. The van der Waals surface area contributed by atoms with Crippen LogP contribution in [0.15, 0.2) is 59.5 Å². The molecule has 0 aliphatic heterocycles. The second-order valence-corrected chi connectivity index (χ2v) is 8.33. The molecule has 0 aliphatic rings. The monoisotopic (exact) mass is 417 g/mol. The molecule has 2 aromatic carbocycles. The molecule has 2 N–H and O–H groups in total. The average molecular weight is 418 g/mol. The quantitative estimate of drug-likeness (QED) is 0.447. The number of nitriles is 1. The van der Waals surface area contributed by atoms with Crippen LogP contribution < -0.4 is 10.6 Å². The zero-order valence-electron chi connectivity index (χ0n) is 17.0. The van der Waals surface area contributed by atoms with Crippen molar-refractivity contribution < 1.29 is 4.21 Å². The first-order valence-electron chi connectivity index (χ1n) is 9.86. The number of likely N-dealkylation sites (N-methyl/N-ethyl adjacent to an activating group) is 1. The summed E-state index contributed by atoms with van der Waals surface area (Å²) in [5.74, 6) is 0.883. The van der Waals surface area contributed by atoms with E-state index < -0.39 is 10.8 Å². The summed E-state index contributed by atoms with van der Waals surface area (Å²) in [6.07, 6.45) is 1.66. The zero-order chi connectivity index (χ0) is 21.1. The SMILES string of the molecule is CCNCCNc1cc(-c2ccc(S(C)=O)cc2)c(C#N)c2nc3ccccc3n12. The molecule has 0 aliphatic carbocycles. The van der Waals surface area contributed by atoms with E-state index in [2.05, 4.69) is 23.6 Å². The third-order valence-electron chi connectivity index (χ3n) is 5.04. The van der Waals surface area contributed by atoms with E-state index >= 15 is 0 Å². The molecule has 2 aromatic heterocycles. The van der Waals surface area contributed by atoms with Gasteiger partial charge in [-0.3, -0.25) is 8.61 Å². The van der Waals surface area contributed by atoms with E-state index in [0.29, 0.717) is 11.2 Å². The van der Waals surface area contributed by atoms with Crippen LogP contribution in [0, 0.1) is 11.3 Å². The van der Waals surface area contributed by atoms with Gasteiger partial charge in [0.1, 0.15) is 17.5 Å². The molecule has 0 bridgehead atoms. The first-order valence-corrected chi connectivity index (χ1v) is 11.4. The minimum atomic E-state index is -1.05. The van der Waals surface area contributed by atoms with Gasteiger partial charge in [0.15, 0.2) is 5.65 Å². The molecule has 0 amide bonds. The van der Waals surface area contributed by atoms with Crippen molar-refractivity contribution in [3.8, 4) is 17.2 Å². The van der Waals surface area contributed by atoms with Crippen LogP contribution in [0.5, 0.6) is 0 Å². The number of hydrogen-bond acceptors (Lipinski definition) is 5. The summed E-state index contributed by atoms with van der Waals surface area (Å²) in [7, 11) is -1.05. The number of para-hydroxylation sites is 2. The fourth-order valence-electron chi connectivity index (χ4n) is 3.58. The van der Waals surface area contributed by atoms with Crippen molar-refractivity contribution in [2.45, 2.75) is 11.8 Å². The Morgan fingerprint density at radius 2 is 1.90 bits per heavy atom. The first kappa shape index (κ1) is 20.1. The maximum absolute atomic E-state index is 11.7. The molecule has 6 nitrogen and oxygen atoms in total. The predicted molar refractivity (Wildman–Crippen MR) is 122 cm³/mol. The molecule has 1 unspecified atom stereocenters. The van der Waals surface area contributed by atoms with E-state index in [4.69, 9.17) is 4.98 Å². The molecule has 0 saturated heterocycles. The van der Waals surface area contributed by atoms with Crippen molar-refractivity contribution in [3.05, 3.63) is 60.2 Å². The molecule has 0 fully saturated rings. The van der Waals surface area contributed by atoms with E-state index in [1.165, 1.54) is 0 Å². The van der Waals surface area contributed by atoms with Gasteiger partial charge in [-0.25, -0.2) is 4.98 Å². The van der Waals surface area contributed by atoms with Crippen molar-refractivity contribution in [1.29, 1.82) is 5.26 Å². The molecule has 1 atom stereocenters. The third-order valence-corrected chi connectivity index (χ3v) is 5.98. The van der Waals surface area contributed by atoms with E-state index in [1.807, 2.05) is 59.0 Å². The summed E-state index contributed by atoms with van der Waals surface area (Å²) in [6.45, 7) is 4.56. The highest BCUT2D eigenvalue weighted by atomic mass is 32.2. The molecule has 7 heteroatoms. The minimum absolute atomic E-state index is 0.522. The number of benzene rings is 2. The summed E-state index contributed by atoms with van der Waals surface area (Å²) >= 11 is 0. The molecule has 152 valence electrons. The third kappa shape index (κ3) is 3.67. The Balaban J connectivity index is 1.92. The molecule has 0 spiro atoms. The highest BCUT2D eigenvalue weighted by Gasteiger charge is 2.18. The molecule has 30 heavy (non-hydrogen) atoms. The Morgan fingerprint density at radius 1 is 1.13 bits per heavy atom. The lowest BCUT2D eigenvalue weighted by Gasteiger charge is -2.14. The van der Waals surface area contributed by atoms with Crippen molar-refractivity contribution >= 4 is 33.3 Å². The lowest BCUT2D eigenvalue weighted by atomic mass is 10.0. The molecule has 0 radical (unpaired) electrons. The Morgan fingerprint density at radius 3 is 2.60 bits per heavy atom. The number of imidazole rings is 1. The Labute approximate surface area is 178 Å². The van der Waals surface area contributed by atoms with E-state index in [1.54, 1.807) is 6.26 Å². The average Bonchev–Trinajstić information content (AvgIpc) is 3.16. The Kier molecular flexibility index (Phi) is 5.79. The maximum atomic E-state index is 11.7. The summed E-state index contributed by atoms with van der Waals surface area (Å²) in [5, 5.41) is 16.8. The van der Waals surface area contributed by atoms with E-state index in [9.17, 15) is 9.47 Å². The first-order chi connectivity index (χ1) is 14.6. The largest absolute Gasteiger partial charge is 0.370 e. The van der Waals surface area contributed by atoms with Gasteiger partial charge in [0, 0.05) is 40.6 Å². The van der Waals surface area contributed by atoms with Crippen LogP contribution in [0.25, 0.3) is 27.8 Å². The fourth-order valence-corrected chi connectivity index (χ4v) is 4.10. The van der Waals surface area contributed by atoms with Crippen LogP contribution in [-0.2, 0) is 10.8 Å².